The molecule has 1 aromatic heterocycles. The Labute approximate surface area is 123 Å². The van der Waals surface area contributed by atoms with Crippen molar-refractivity contribution in [3.63, 3.8) is 0 Å². The molecule has 0 spiro atoms. The van der Waals surface area contributed by atoms with Crippen LogP contribution in [0.5, 0.6) is 0 Å². The van der Waals surface area contributed by atoms with Crippen LogP contribution < -0.4 is 10.0 Å². The molecule has 0 bridgehead atoms. The Bertz CT molecular complexity index is 493. The Morgan fingerprint density at radius 1 is 1.42 bits per heavy atom. The number of sulfonamides is 1. The Morgan fingerprint density at radius 3 is 2.95 bits per heavy atom. The summed E-state index contributed by atoms with van der Waals surface area (Å²) < 4.78 is 27.5. The van der Waals surface area contributed by atoms with Gasteiger partial charge in [-0.25, -0.2) is 13.1 Å². The number of hydrogen-bond acceptors (Lipinski definition) is 5. The summed E-state index contributed by atoms with van der Waals surface area (Å²) in [7, 11) is -1.42. The zero-order chi connectivity index (χ0) is 13.7. The molecule has 0 radical (unpaired) electrons. The minimum Gasteiger partial charge on any atom is -0.319 e. The lowest BCUT2D eigenvalue weighted by molar-refractivity contribution is 0.581. The van der Waals surface area contributed by atoms with E-state index < -0.39 is 10.0 Å². The van der Waals surface area contributed by atoms with Crippen molar-refractivity contribution in [1.82, 2.24) is 10.0 Å². The number of thiophene rings is 1. The molecule has 0 amide bonds. The van der Waals surface area contributed by atoms with Crippen LogP contribution in [0.1, 0.15) is 17.7 Å². The normalized spacial score (nSPS) is 19.9. The predicted octanol–water partition coefficient (Wildman–Crippen LogP) is 1.68. The fourth-order valence-corrected chi connectivity index (χ4v) is 5.75. The van der Waals surface area contributed by atoms with Gasteiger partial charge in [-0.1, -0.05) is 0 Å². The quantitative estimate of drug-likeness (QED) is 0.802. The molecule has 1 aliphatic rings. The van der Waals surface area contributed by atoms with Crippen LogP contribution in [0.3, 0.4) is 0 Å². The Kier molecular flexibility index (Phi) is 5.70. The van der Waals surface area contributed by atoms with Crippen molar-refractivity contribution >= 4 is 33.1 Å². The number of thioether (sulfide) groups is 1. The molecule has 1 atom stereocenters. The summed E-state index contributed by atoms with van der Waals surface area (Å²) in [5.41, 5.74) is 0. The molecule has 4 nitrogen and oxygen atoms in total. The highest BCUT2D eigenvalue weighted by atomic mass is 32.2. The van der Waals surface area contributed by atoms with E-state index in [9.17, 15) is 8.42 Å². The lowest BCUT2D eigenvalue weighted by Gasteiger charge is -2.09. The SMILES string of the molecule is CNCCc1ccc(S(=O)(=O)NCC2CCCS2)s1. The maximum absolute atomic E-state index is 12.2. The smallest absolute Gasteiger partial charge is 0.250 e. The van der Waals surface area contributed by atoms with Crippen molar-refractivity contribution in [2.45, 2.75) is 28.7 Å². The Morgan fingerprint density at radius 2 is 2.26 bits per heavy atom. The molecule has 2 N–H and O–H groups in total. The number of nitrogens with one attached hydrogen (secondary N) is 2. The molecular formula is C12H20N2O2S3. The highest BCUT2D eigenvalue weighted by Gasteiger charge is 2.21. The van der Waals surface area contributed by atoms with Crippen molar-refractivity contribution in [2.24, 2.45) is 0 Å². The van der Waals surface area contributed by atoms with Crippen LogP contribution in [0.15, 0.2) is 16.3 Å². The molecule has 2 heterocycles. The number of rotatable bonds is 7. The van der Waals surface area contributed by atoms with E-state index in [4.69, 9.17) is 0 Å². The van der Waals surface area contributed by atoms with E-state index in [1.807, 2.05) is 24.9 Å². The Hall–Kier alpha value is -0.0800. The van der Waals surface area contributed by atoms with Crippen molar-refractivity contribution in [3.05, 3.63) is 17.0 Å². The molecule has 2 rings (SSSR count). The summed E-state index contributed by atoms with van der Waals surface area (Å²) in [5.74, 6) is 1.15. The van der Waals surface area contributed by atoms with Crippen LogP contribution in [0.2, 0.25) is 0 Å². The van der Waals surface area contributed by atoms with E-state index >= 15 is 0 Å². The van der Waals surface area contributed by atoms with E-state index in [0.29, 0.717) is 16.0 Å². The van der Waals surface area contributed by atoms with Gasteiger partial charge in [0.25, 0.3) is 0 Å². The van der Waals surface area contributed by atoms with E-state index in [1.165, 1.54) is 17.8 Å². The average Bonchev–Trinajstić information content (AvgIpc) is 3.05. The lowest BCUT2D eigenvalue weighted by Crippen LogP contribution is -2.29. The largest absolute Gasteiger partial charge is 0.319 e. The highest BCUT2D eigenvalue weighted by Crippen LogP contribution is 2.26. The van der Waals surface area contributed by atoms with Gasteiger partial charge >= 0.3 is 0 Å². The van der Waals surface area contributed by atoms with Crippen molar-refractivity contribution in [2.75, 3.05) is 25.9 Å². The molecule has 108 valence electrons. The molecule has 1 aliphatic heterocycles. The molecule has 0 saturated carbocycles. The van der Waals surface area contributed by atoms with Crippen LogP contribution in [0.4, 0.5) is 0 Å². The number of likely N-dealkylation sites (N-methyl/N-ethyl adjacent to an activating group) is 1. The van der Waals surface area contributed by atoms with E-state index in [2.05, 4.69) is 10.0 Å². The fraction of sp³-hybridized carbons (Fsp3) is 0.667. The molecule has 19 heavy (non-hydrogen) atoms. The van der Waals surface area contributed by atoms with Gasteiger partial charge in [-0.3, -0.25) is 0 Å². The summed E-state index contributed by atoms with van der Waals surface area (Å²) in [6.45, 7) is 1.42. The third kappa shape index (κ3) is 4.46. The van der Waals surface area contributed by atoms with Crippen LogP contribution in [0.25, 0.3) is 0 Å². The predicted molar refractivity (Wildman–Crippen MR) is 82.6 cm³/mol. The highest BCUT2D eigenvalue weighted by molar-refractivity contribution is 8.00. The second kappa shape index (κ2) is 7.08. The molecule has 1 aromatic rings. The second-order valence-corrected chi connectivity index (χ2v) is 9.13. The third-order valence-corrected chi connectivity index (χ3v) is 7.51. The standard InChI is InChI=1S/C12H20N2O2S3/c1-13-7-6-10-4-5-12(18-10)19(15,16)14-9-11-3-2-8-17-11/h4-5,11,13-14H,2-3,6-9H2,1H3. The molecule has 0 aliphatic carbocycles. The van der Waals surface area contributed by atoms with Gasteiger partial charge in [0.05, 0.1) is 0 Å². The maximum Gasteiger partial charge on any atom is 0.250 e. The summed E-state index contributed by atoms with van der Waals surface area (Å²) in [4.78, 5) is 1.10. The van der Waals surface area contributed by atoms with Gasteiger partial charge in [0.15, 0.2) is 0 Å². The van der Waals surface area contributed by atoms with Gasteiger partial charge < -0.3 is 5.32 Å². The summed E-state index contributed by atoms with van der Waals surface area (Å²) in [6, 6.07) is 3.61. The van der Waals surface area contributed by atoms with Crippen LogP contribution in [-0.2, 0) is 16.4 Å². The molecular weight excluding hydrogens is 300 g/mol. The first kappa shape index (κ1) is 15.3. The maximum atomic E-state index is 12.2. The summed E-state index contributed by atoms with van der Waals surface area (Å²) in [6.07, 6.45) is 3.18. The van der Waals surface area contributed by atoms with Gasteiger partial charge in [0, 0.05) is 16.7 Å². The first-order valence-corrected chi connectivity index (χ1v) is 9.81. The van der Waals surface area contributed by atoms with Gasteiger partial charge in [0.1, 0.15) is 4.21 Å². The monoisotopic (exact) mass is 320 g/mol. The molecule has 1 fully saturated rings. The van der Waals surface area contributed by atoms with Crippen LogP contribution in [-0.4, -0.2) is 39.6 Å². The zero-order valence-corrected chi connectivity index (χ0v) is 13.5. The fourth-order valence-electron chi connectivity index (χ4n) is 1.96. The first-order valence-electron chi connectivity index (χ1n) is 6.46. The summed E-state index contributed by atoms with van der Waals surface area (Å²) >= 11 is 3.23. The van der Waals surface area contributed by atoms with E-state index in [1.54, 1.807) is 6.07 Å². The van der Waals surface area contributed by atoms with E-state index in [0.717, 1.165) is 30.0 Å². The van der Waals surface area contributed by atoms with Crippen molar-refractivity contribution in [3.8, 4) is 0 Å². The van der Waals surface area contributed by atoms with Gasteiger partial charge in [0.2, 0.25) is 10.0 Å². The molecule has 7 heteroatoms. The van der Waals surface area contributed by atoms with E-state index in [-0.39, 0.29) is 0 Å². The zero-order valence-electron chi connectivity index (χ0n) is 11.0. The Balaban J connectivity index is 1.92. The van der Waals surface area contributed by atoms with Crippen molar-refractivity contribution in [1.29, 1.82) is 0 Å². The third-order valence-electron chi connectivity index (χ3n) is 3.05. The first-order chi connectivity index (χ1) is 9.12. The molecule has 1 unspecified atom stereocenters. The lowest BCUT2D eigenvalue weighted by atomic mass is 10.2. The van der Waals surface area contributed by atoms with Gasteiger partial charge in [-0.2, -0.15) is 11.8 Å². The topological polar surface area (TPSA) is 58.2 Å². The van der Waals surface area contributed by atoms with Gasteiger partial charge in [-0.05, 0) is 50.7 Å². The second-order valence-electron chi connectivity index (χ2n) is 4.56. The minimum absolute atomic E-state index is 0.432. The van der Waals surface area contributed by atoms with Crippen LogP contribution in [0, 0.1) is 0 Å². The summed E-state index contributed by atoms with van der Waals surface area (Å²) in [5, 5.41) is 3.51. The average molecular weight is 321 g/mol. The van der Waals surface area contributed by atoms with Crippen LogP contribution >= 0.6 is 23.1 Å². The minimum atomic E-state index is -3.32. The molecule has 1 saturated heterocycles. The van der Waals surface area contributed by atoms with Gasteiger partial charge in [-0.15, -0.1) is 11.3 Å². The number of hydrogen-bond donors (Lipinski definition) is 2. The molecule has 0 aromatic carbocycles. The van der Waals surface area contributed by atoms with Crippen molar-refractivity contribution < 1.29 is 8.42 Å².